The van der Waals surface area contributed by atoms with Crippen molar-refractivity contribution in [2.24, 2.45) is 16.9 Å². The van der Waals surface area contributed by atoms with Gasteiger partial charge in [-0.25, -0.2) is 5.43 Å². The summed E-state index contributed by atoms with van der Waals surface area (Å²) in [5.41, 5.74) is 3.39. The lowest BCUT2D eigenvalue weighted by Crippen LogP contribution is -2.18. The minimum absolute atomic E-state index is 0.00454. The predicted octanol–water partition coefficient (Wildman–Crippen LogP) is 2.59. The molecule has 1 aliphatic carbocycles. The lowest BCUT2D eigenvalue weighted by molar-refractivity contribution is -0.122. The molecule has 1 N–H and O–H groups in total. The van der Waals surface area contributed by atoms with Gasteiger partial charge in [0.05, 0.1) is 19.9 Å². The maximum absolute atomic E-state index is 11.5. The second-order valence-electron chi connectivity index (χ2n) is 5.62. The smallest absolute Gasteiger partial charge is 0.243 e. The topological polar surface area (TPSA) is 59.9 Å². The van der Waals surface area contributed by atoms with Crippen LogP contribution >= 0.6 is 0 Å². The summed E-state index contributed by atoms with van der Waals surface area (Å²) in [5.74, 6) is 1.98. The number of methoxy groups -OCH3 is 1. The van der Waals surface area contributed by atoms with Crippen LogP contribution in [0.2, 0.25) is 0 Å². The normalized spacial score (nSPS) is 14.5. The van der Waals surface area contributed by atoms with Gasteiger partial charge in [0.1, 0.15) is 0 Å². The number of hydrogen-bond donors (Lipinski definition) is 1. The molecule has 1 aromatic rings. The van der Waals surface area contributed by atoms with E-state index >= 15 is 0 Å². The summed E-state index contributed by atoms with van der Waals surface area (Å²) in [5, 5.41) is 3.96. The van der Waals surface area contributed by atoms with Gasteiger partial charge in [0.15, 0.2) is 11.5 Å². The van der Waals surface area contributed by atoms with Crippen LogP contribution in [0.15, 0.2) is 23.3 Å². The number of carbonyl (C=O) groups is 1. The Morgan fingerprint density at radius 2 is 2.19 bits per heavy atom. The number of nitrogens with one attached hydrogen (secondary N) is 1. The van der Waals surface area contributed by atoms with Crippen LogP contribution in [0.4, 0.5) is 0 Å². The minimum atomic E-state index is -0.00454. The second-order valence-corrected chi connectivity index (χ2v) is 5.62. The van der Waals surface area contributed by atoms with E-state index in [0.29, 0.717) is 24.0 Å². The maximum atomic E-state index is 11.5. The standard InChI is InChI=1S/C16H22N2O3/c1-11(2)10-21-14-7-4-12(8-15(14)20-3)9-17-18-16(19)13-5-6-13/h4,7-9,11,13H,5-6,10H2,1-3H3,(H,18,19)/b17-9-. The predicted molar refractivity (Wildman–Crippen MR) is 81.8 cm³/mol. The number of benzene rings is 1. The van der Waals surface area contributed by atoms with E-state index in [4.69, 9.17) is 9.47 Å². The van der Waals surface area contributed by atoms with Gasteiger partial charge in [-0.15, -0.1) is 0 Å². The molecule has 0 unspecified atom stereocenters. The molecule has 1 aromatic carbocycles. The lowest BCUT2D eigenvalue weighted by atomic mass is 10.2. The molecule has 0 aliphatic heterocycles. The summed E-state index contributed by atoms with van der Waals surface area (Å²) >= 11 is 0. The van der Waals surface area contributed by atoms with Gasteiger partial charge in [-0.2, -0.15) is 5.10 Å². The van der Waals surface area contributed by atoms with Crippen molar-refractivity contribution in [3.8, 4) is 11.5 Å². The highest BCUT2D eigenvalue weighted by Crippen LogP contribution is 2.29. The van der Waals surface area contributed by atoms with Crippen LogP contribution < -0.4 is 14.9 Å². The van der Waals surface area contributed by atoms with Crippen molar-refractivity contribution in [2.75, 3.05) is 13.7 Å². The quantitative estimate of drug-likeness (QED) is 0.620. The largest absolute Gasteiger partial charge is 0.493 e. The highest BCUT2D eigenvalue weighted by Gasteiger charge is 2.29. The first kappa shape index (κ1) is 15.4. The molecule has 5 nitrogen and oxygen atoms in total. The van der Waals surface area contributed by atoms with Crippen LogP contribution in [0.1, 0.15) is 32.3 Å². The van der Waals surface area contributed by atoms with Crippen LogP contribution in [0.5, 0.6) is 11.5 Å². The number of hydrogen-bond acceptors (Lipinski definition) is 4. The molecule has 0 heterocycles. The van der Waals surface area contributed by atoms with Crippen LogP contribution in [0, 0.1) is 11.8 Å². The molecule has 1 amide bonds. The van der Waals surface area contributed by atoms with Crippen molar-refractivity contribution in [3.05, 3.63) is 23.8 Å². The molecule has 1 aliphatic rings. The van der Waals surface area contributed by atoms with E-state index in [-0.39, 0.29) is 11.8 Å². The third-order valence-corrected chi connectivity index (χ3v) is 3.10. The molecule has 0 atom stereocenters. The highest BCUT2D eigenvalue weighted by atomic mass is 16.5. The summed E-state index contributed by atoms with van der Waals surface area (Å²) < 4.78 is 11.0. The summed E-state index contributed by atoms with van der Waals surface area (Å²) in [6.07, 6.45) is 3.54. The average molecular weight is 290 g/mol. The van der Waals surface area contributed by atoms with Crippen LogP contribution in [0.3, 0.4) is 0 Å². The Morgan fingerprint density at radius 1 is 1.43 bits per heavy atom. The molecular formula is C16H22N2O3. The zero-order valence-electron chi connectivity index (χ0n) is 12.8. The van der Waals surface area contributed by atoms with Gasteiger partial charge in [0, 0.05) is 5.92 Å². The minimum Gasteiger partial charge on any atom is -0.493 e. The number of hydrazone groups is 1. The van der Waals surface area contributed by atoms with Crippen LogP contribution in [0.25, 0.3) is 0 Å². The molecule has 2 rings (SSSR count). The molecule has 114 valence electrons. The Bertz CT molecular complexity index is 522. The fourth-order valence-corrected chi connectivity index (χ4v) is 1.75. The third-order valence-electron chi connectivity index (χ3n) is 3.10. The molecule has 0 bridgehead atoms. The van der Waals surface area contributed by atoms with E-state index in [1.165, 1.54) is 0 Å². The summed E-state index contributed by atoms with van der Waals surface area (Å²) in [7, 11) is 1.60. The van der Waals surface area contributed by atoms with Crippen LogP contribution in [-0.2, 0) is 4.79 Å². The number of carbonyl (C=O) groups excluding carboxylic acids is 1. The van der Waals surface area contributed by atoms with Gasteiger partial charge in [0.25, 0.3) is 0 Å². The summed E-state index contributed by atoms with van der Waals surface area (Å²) in [4.78, 5) is 11.5. The fraction of sp³-hybridized carbons (Fsp3) is 0.500. The summed E-state index contributed by atoms with van der Waals surface area (Å²) in [6, 6.07) is 5.57. The highest BCUT2D eigenvalue weighted by molar-refractivity contribution is 5.84. The number of ether oxygens (including phenoxy) is 2. The van der Waals surface area contributed by atoms with Crippen molar-refractivity contribution in [1.82, 2.24) is 5.43 Å². The van der Waals surface area contributed by atoms with Gasteiger partial charge in [0.2, 0.25) is 5.91 Å². The average Bonchev–Trinajstić information content (AvgIpc) is 3.30. The first-order valence-corrected chi connectivity index (χ1v) is 7.24. The SMILES string of the molecule is COc1cc(/C=N\NC(=O)C2CC2)ccc1OCC(C)C. The fourth-order valence-electron chi connectivity index (χ4n) is 1.75. The first-order valence-electron chi connectivity index (χ1n) is 7.24. The second kappa shape index (κ2) is 7.11. The Labute approximate surface area is 125 Å². The Hall–Kier alpha value is -2.04. The molecule has 5 heteroatoms. The van der Waals surface area contributed by atoms with Gasteiger partial charge in [-0.1, -0.05) is 13.8 Å². The molecule has 0 radical (unpaired) electrons. The monoisotopic (exact) mass is 290 g/mol. The molecule has 21 heavy (non-hydrogen) atoms. The Kier molecular flexibility index (Phi) is 5.20. The first-order chi connectivity index (χ1) is 10.1. The molecule has 1 fully saturated rings. The third kappa shape index (κ3) is 4.77. The number of nitrogens with zero attached hydrogens (tertiary/aromatic N) is 1. The van der Waals surface area contributed by atoms with Crippen molar-refractivity contribution < 1.29 is 14.3 Å². The maximum Gasteiger partial charge on any atom is 0.243 e. The van der Waals surface area contributed by atoms with Gasteiger partial charge in [-0.05, 0) is 42.5 Å². The van der Waals surface area contributed by atoms with E-state index in [2.05, 4.69) is 24.4 Å². The van der Waals surface area contributed by atoms with Crippen molar-refractivity contribution in [2.45, 2.75) is 26.7 Å². The number of amides is 1. The van der Waals surface area contributed by atoms with E-state index in [9.17, 15) is 4.79 Å². The molecule has 0 saturated heterocycles. The van der Waals surface area contributed by atoms with E-state index in [1.54, 1.807) is 13.3 Å². The van der Waals surface area contributed by atoms with Crippen LogP contribution in [-0.4, -0.2) is 25.8 Å². The lowest BCUT2D eigenvalue weighted by Gasteiger charge is -2.12. The van der Waals surface area contributed by atoms with Gasteiger partial charge in [-0.3, -0.25) is 4.79 Å². The van der Waals surface area contributed by atoms with E-state index in [0.717, 1.165) is 18.4 Å². The van der Waals surface area contributed by atoms with Crippen molar-refractivity contribution in [1.29, 1.82) is 0 Å². The zero-order chi connectivity index (χ0) is 15.2. The Balaban J connectivity index is 1.96. The molecule has 0 aromatic heterocycles. The summed E-state index contributed by atoms with van der Waals surface area (Å²) in [6.45, 7) is 4.83. The van der Waals surface area contributed by atoms with Gasteiger partial charge >= 0.3 is 0 Å². The van der Waals surface area contributed by atoms with E-state index in [1.807, 2.05) is 18.2 Å². The zero-order valence-corrected chi connectivity index (χ0v) is 12.8. The number of rotatable bonds is 7. The van der Waals surface area contributed by atoms with Crippen molar-refractivity contribution in [3.63, 3.8) is 0 Å². The molecule has 0 spiro atoms. The Morgan fingerprint density at radius 3 is 2.81 bits per heavy atom. The molecular weight excluding hydrogens is 268 g/mol. The van der Waals surface area contributed by atoms with Gasteiger partial charge < -0.3 is 9.47 Å². The van der Waals surface area contributed by atoms with E-state index < -0.39 is 0 Å². The molecule has 1 saturated carbocycles. The van der Waals surface area contributed by atoms with Crippen molar-refractivity contribution >= 4 is 12.1 Å².